The number of β-amino-alcohol motifs (C(OH)–C–C–N with tert-alkyl or cyclic N) is 1. The molecule has 1 amide bonds. The van der Waals surface area contributed by atoms with Crippen LogP contribution in [-0.4, -0.2) is 89.9 Å². The van der Waals surface area contributed by atoms with Gasteiger partial charge in [0.1, 0.15) is 0 Å². The zero-order valence-corrected chi connectivity index (χ0v) is 11.9. The number of aliphatic hydroxyl groups is 1. The minimum Gasteiger partial charge on any atom is -0.395 e. The van der Waals surface area contributed by atoms with Crippen LogP contribution in [0.2, 0.25) is 0 Å². The lowest BCUT2D eigenvalue weighted by molar-refractivity contribution is -0.137. The van der Waals surface area contributed by atoms with E-state index in [0.29, 0.717) is 11.8 Å². The van der Waals surface area contributed by atoms with Gasteiger partial charge in [-0.1, -0.05) is 0 Å². The molecule has 6 heteroatoms. The Labute approximate surface area is 114 Å². The topological polar surface area (TPSA) is 47.0 Å². The van der Waals surface area contributed by atoms with Crippen LogP contribution < -0.4 is 0 Å². The molecule has 18 heavy (non-hydrogen) atoms. The summed E-state index contributed by atoms with van der Waals surface area (Å²) in [5.41, 5.74) is 0. The lowest BCUT2D eigenvalue weighted by Crippen LogP contribution is -2.53. The number of likely N-dealkylation sites (N-methyl/N-ethyl adjacent to an activating group) is 1. The smallest absolute Gasteiger partial charge is 0.240 e. The zero-order valence-electron chi connectivity index (χ0n) is 11.0. The number of thiol groups is 1. The molecule has 0 spiro atoms. The van der Waals surface area contributed by atoms with Crippen molar-refractivity contribution in [3.8, 4) is 0 Å². The number of hydrogen-bond acceptors (Lipinski definition) is 5. The normalized spacial score (nSPS) is 30.9. The number of hydrogen-bond donors (Lipinski definition) is 2. The quantitative estimate of drug-likeness (QED) is 0.656. The van der Waals surface area contributed by atoms with E-state index in [1.54, 1.807) is 0 Å². The van der Waals surface area contributed by atoms with Gasteiger partial charge in [-0.25, -0.2) is 0 Å². The second-order valence-corrected chi connectivity index (χ2v) is 5.97. The minimum atomic E-state index is 0.0110. The van der Waals surface area contributed by atoms with Crippen LogP contribution in [0.4, 0.5) is 0 Å². The average Bonchev–Trinajstić information content (AvgIpc) is 2.69. The Morgan fingerprint density at radius 2 is 2.00 bits per heavy atom. The molecule has 104 valence electrons. The number of amides is 1. The van der Waals surface area contributed by atoms with Crippen molar-refractivity contribution >= 4 is 18.5 Å². The van der Waals surface area contributed by atoms with Gasteiger partial charge in [0.25, 0.3) is 0 Å². The van der Waals surface area contributed by atoms with Crippen LogP contribution in [0.5, 0.6) is 0 Å². The predicted molar refractivity (Wildman–Crippen MR) is 73.9 cm³/mol. The standard InChI is InChI=1S/C12H23N3O2S/c1-13-9-10(18)8-11(13)12(17)15-4-2-14(3-5-15)6-7-16/h10-11,16,18H,2-9H2,1H3/t10-,11-/m0/s1. The fourth-order valence-electron chi connectivity index (χ4n) is 2.81. The van der Waals surface area contributed by atoms with Crippen molar-refractivity contribution in [3.63, 3.8) is 0 Å². The van der Waals surface area contributed by atoms with E-state index < -0.39 is 0 Å². The lowest BCUT2D eigenvalue weighted by atomic mass is 10.1. The van der Waals surface area contributed by atoms with Crippen molar-refractivity contribution < 1.29 is 9.90 Å². The highest BCUT2D eigenvalue weighted by atomic mass is 32.1. The number of piperazine rings is 1. The van der Waals surface area contributed by atoms with Gasteiger partial charge in [0.05, 0.1) is 12.6 Å². The Morgan fingerprint density at radius 3 is 2.50 bits per heavy atom. The summed E-state index contributed by atoms with van der Waals surface area (Å²) in [7, 11) is 2.00. The van der Waals surface area contributed by atoms with Crippen molar-refractivity contribution in [1.82, 2.24) is 14.7 Å². The van der Waals surface area contributed by atoms with E-state index in [1.165, 1.54) is 0 Å². The van der Waals surface area contributed by atoms with Gasteiger partial charge in [0.15, 0.2) is 0 Å². The van der Waals surface area contributed by atoms with Crippen molar-refractivity contribution in [3.05, 3.63) is 0 Å². The third kappa shape index (κ3) is 3.17. The molecule has 2 fully saturated rings. The van der Waals surface area contributed by atoms with Crippen LogP contribution in [0.25, 0.3) is 0 Å². The van der Waals surface area contributed by atoms with E-state index in [4.69, 9.17) is 5.11 Å². The second-order valence-electron chi connectivity index (χ2n) is 5.24. The van der Waals surface area contributed by atoms with E-state index in [0.717, 1.165) is 39.1 Å². The molecule has 2 aliphatic rings. The molecule has 0 bridgehead atoms. The van der Waals surface area contributed by atoms with Crippen LogP contribution in [0.15, 0.2) is 0 Å². The van der Waals surface area contributed by atoms with Gasteiger partial charge in [-0.05, 0) is 13.5 Å². The maximum absolute atomic E-state index is 12.4. The Morgan fingerprint density at radius 1 is 1.33 bits per heavy atom. The summed E-state index contributed by atoms with van der Waals surface area (Å²) in [6.45, 7) is 5.09. The van der Waals surface area contributed by atoms with Gasteiger partial charge in [0.2, 0.25) is 5.91 Å². The zero-order chi connectivity index (χ0) is 13.1. The Hall–Kier alpha value is -0.300. The molecule has 0 aromatic heterocycles. The van der Waals surface area contributed by atoms with Gasteiger partial charge >= 0.3 is 0 Å². The Bertz CT molecular complexity index is 295. The summed E-state index contributed by atoms with van der Waals surface area (Å²) in [6, 6.07) is 0.0110. The average molecular weight is 273 g/mol. The lowest BCUT2D eigenvalue weighted by Gasteiger charge is -2.36. The van der Waals surface area contributed by atoms with Gasteiger partial charge in [0, 0.05) is 44.5 Å². The summed E-state index contributed by atoms with van der Waals surface area (Å²) in [5, 5.41) is 9.21. The number of rotatable bonds is 3. The van der Waals surface area contributed by atoms with Gasteiger partial charge in [-0.15, -0.1) is 0 Å². The van der Waals surface area contributed by atoms with Crippen LogP contribution in [0.1, 0.15) is 6.42 Å². The molecule has 2 atom stereocenters. The molecular weight excluding hydrogens is 250 g/mol. The maximum atomic E-state index is 12.4. The van der Waals surface area contributed by atoms with E-state index >= 15 is 0 Å². The van der Waals surface area contributed by atoms with E-state index in [9.17, 15) is 4.79 Å². The number of aliphatic hydroxyl groups excluding tert-OH is 1. The number of nitrogens with zero attached hydrogens (tertiary/aromatic N) is 3. The maximum Gasteiger partial charge on any atom is 0.240 e. The third-order valence-corrected chi connectivity index (χ3v) is 4.29. The summed E-state index contributed by atoms with van der Waals surface area (Å²) in [5.74, 6) is 0.248. The fraction of sp³-hybridized carbons (Fsp3) is 0.917. The fourth-order valence-corrected chi connectivity index (χ4v) is 3.26. The van der Waals surface area contributed by atoms with E-state index in [1.807, 2.05) is 11.9 Å². The second kappa shape index (κ2) is 6.23. The third-order valence-electron chi connectivity index (χ3n) is 3.91. The van der Waals surface area contributed by atoms with E-state index in [2.05, 4.69) is 22.4 Å². The molecule has 1 N–H and O–H groups in total. The van der Waals surface area contributed by atoms with Crippen LogP contribution in [0.3, 0.4) is 0 Å². The molecule has 0 radical (unpaired) electrons. The first-order chi connectivity index (χ1) is 8.61. The molecule has 5 nitrogen and oxygen atoms in total. The van der Waals surface area contributed by atoms with Gasteiger partial charge < -0.3 is 10.0 Å². The number of carbonyl (C=O) groups excluding carboxylic acids is 1. The predicted octanol–water partition coefficient (Wildman–Crippen LogP) is -0.875. The first-order valence-electron chi connectivity index (χ1n) is 6.62. The van der Waals surface area contributed by atoms with Crippen molar-refractivity contribution in [2.24, 2.45) is 0 Å². The largest absolute Gasteiger partial charge is 0.395 e. The van der Waals surface area contributed by atoms with Crippen molar-refractivity contribution in [2.45, 2.75) is 17.7 Å². The molecule has 2 saturated heterocycles. The monoisotopic (exact) mass is 273 g/mol. The molecule has 0 aromatic carbocycles. The number of carbonyl (C=O) groups is 1. The van der Waals surface area contributed by atoms with E-state index in [-0.39, 0.29) is 18.6 Å². The molecule has 0 aromatic rings. The van der Waals surface area contributed by atoms with Crippen LogP contribution >= 0.6 is 12.6 Å². The first kappa shape index (κ1) is 14.1. The summed E-state index contributed by atoms with van der Waals surface area (Å²) < 4.78 is 0. The molecule has 2 heterocycles. The molecule has 0 aliphatic carbocycles. The highest BCUT2D eigenvalue weighted by molar-refractivity contribution is 7.81. The van der Waals surface area contributed by atoms with Crippen LogP contribution in [-0.2, 0) is 4.79 Å². The summed E-state index contributed by atoms with van der Waals surface area (Å²) >= 11 is 4.46. The Balaban J connectivity index is 1.84. The molecular formula is C12H23N3O2S. The summed E-state index contributed by atoms with van der Waals surface area (Å²) in [4.78, 5) is 18.7. The van der Waals surface area contributed by atoms with Crippen LogP contribution in [0, 0.1) is 0 Å². The van der Waals surface area contributed by atoms with Crippen molar-refractivity contribution in [2.75, 3.05) is 52.9 Å². The Kier molecular flexibility index (Phi) is 4.89. The number of likely N-dealkylation sites (tertiary alicyclic amines) is 1. The molecule has 0 saturated carbocycles. The van der Waals surface area contributed by atoms with Gasteiger partial charge in [-0.3, -0.25) is 14.6 Å². The summed E-state index contributed by atoms with van der Waals surface area (Å²) in [6.07, 6.45) is 0.856. The first-order valence-corrected chi connectivity index (χ1v) is 7.13. The highest BCUT2D eigenvalue weighted by Crippen LogP contribution is 2.22. The highest BCUT2D eigenvalue weighted by Gasteiger charge is 2.36. The minimum absolute atomic E-state index is 0.0110. The molecule has 0 unspecified atom stereocenters. The molecule has 2 rings (SSSR count). The SMILES string of the molecule is CN1C[C@@H](S)C[C@H]1C(=O)N1CCN(CCO)CC1. The van der Waals surface area contributed by atoms with Crippen molar-refractivity contribution in [1.29, 1.82) is 0 Å². The molecule has 2 aliphatic heterocycles. The van der Waals surface area contributed by atoms with Gasteiger partial charge in [-0.2, -0.15) is 12.6 Å².